The third-order valence-electron chi connectivity index (χ3n) is 5.18. The van der Waals surface area contributed by atoms with Gasteiger partial charge in [0.25, 0.3) is 5.56 Å². The van der Waals surface area contributed by atoms with Crippen molar-refractivity contribution in [3.63, 3.8) is 0 Å². The molecule has 9 nitrogen and oxygen atoms in total. The minimum Gasteiger partial charge on any atom is -0.352 e. The average Bonchev–Trinajstić information content (AvgIpc) is 3.25. The summed E-state index contributed by atoms with van der Waals surface area (Å²) < 4.78 is 8.30. The first kappa shape index (κ1) is 19.8. The number of nitrogens with one attached hydrogen (secondary N) is 1. The lowest BCUT2D eigenvalue weighted by Gasteiger charge is -2.13. The molecule has 1 aromatic carbocycles. The number of nitrogens with zero attached hydrogens (tertiary/aromatic N) is 5. The van der Waals surface area contributed by atoms with Crippen LogP contribution in [0.5, 0.6) is 0 Å². The number of hydrogen-bond acceptors (Lipinski definition) is 6. The van der Waals surface area contributed by atoms with E-state index in [0.717, 1.165) is 22.9 Å². The van der Waals surface area contributed by atoms with Gasteiger partial charge < -0.3 is 14.4 Å². The van der Waals surface area contributed by atoms with Crippen LogP contribution in [-0.2, 0) is 17.9 Å². The Morgan fingerprint density at radius 3 is 2.80 bits per heavy atom. The molecule has 1 atom stereocenters. The van der Waals surface area contributed by atoms with Crippen LogP contribution in [0.4, 0.5) is 0 Å². The highest BCUT2D eigenvalue weighted by molar-refractivity contribution is 6.06. The van der Waals surface area contributed by atoms with Crippen LogP contribution in [0.15, 0.2) is 33.8 Å². The molecule has 30 heavy (non-hydrogen) atoms. The van der Waals surface area contributed by atoms with E-state index in [0.29, 0.717) is 22.7 Å². The fourth-order valence-electron chi connectivity index (χ4n) is 3.51. The van der Waals surface area contributed by atoms with Crippen molar-refractivity contribution >= 4 is 27.8 Å². The van der Waals surface area contributed by atoms with Crippen LogP contribution in [0, 0.1) is 13.8 Å². The summed E-state index contributed by atoms with van der Waals surface area (Å²) in [7, 11) is 0. The molecule has 0 saturated carbocycles. The lowest BCUT2D eigenvalue weighted by molar-refractivity contribution is -0.122. The standard InChI is InChI=1S/C21H24N6O3/c1-5-13(3)23-17(28)9-27-16-7-6-12(2)8-15(16)19-20(27)21(29)26(11-22-19)10-18-24-14(4)25-30-18/h6-8,11,13H,5,9-10H2,1-4H3,(H,23,28). The molecule has 156 valence electrons. The molecule has 0 bridgehead atoms. The quantitative estimate of drug-likeness (QED) is 0.525. The van der Waals surface area contributed by atoms with Gasteiger partial charge in [-0.1, -0.05) is 23.7 Å². The molecule has 0 spiro atoms. The maximum Gasteiger partial charge on any atom is 0.278 e. The first-order valence-electron chi connectivity index (χ1n) is 9.94. The number of rotatable bonds is 6. The van der Waals surface area contributed by atoms with Gasteiger partial charge in [0.1, 0.15) is 24.1 Å². The normalized spacial score (nSPS) is 12.5. The molecule has 3 heterocycles. The summed E-state index contributed by atoms with van der Waals surface area (Å²) in [6, 6.07) is 5.93. The van der Waals surface area contributed by atoms with Crippen molar-refractivity contribution in [2.24, 2.45) is 0 Å². The Bertz CT molecular complexity index is 1300. The highest BCUT2D eigenvalue weighted by Crippen LogP contribution is 2.26. The smallest absolute Gasteiger partial charge is 0.278 e. The van der Waals surface area contributed by atoms with E-state index in [1.165, 1.54) is 10.9 Å². The zero-order valence-corrected chi connectivity index (χ0v) is 17.5. The van der Waals surface area contributed by atoms with E-state index in [1.54, 1.807) is 11.5 Å². The van der Waals surface area contributed by atoms with Crippen molar-refractivity contribution in [1.82, 2.24) is 29.6 Å². The molecular formula is C21H24N6O3. The van der Waals surface area contributed by atoms with Crippen molar-refractivity contribution in [2.75, 3.05) is 0 Å². The van der Waals surface area contributed by atoms with E-state index in [2.05, 4.69) is 20.4 Å². The lowest BCUT2D eigenvalue weighted by atomic mass is 10.1. The van der Waals surface area contributed by atoms with E-state index >= 15 is 0 Å². The molecule has 0 saturated heterocycles. The highest BCUT2D eigenvalue weighted by atomic mass is 16.5. The Balaban J connectivity index is 1.86. The molecule has 0 aliphatic rings. The fraction of sp³-hybridized carbons (Fsp3) is 0.381. The minimum atomic E-state index is -0.263. The SMILES string of the molecule is CCC(C)NC(=O)Cn1c2ccc(C)cc2c2ncn(Cc3nc(C)no3)c(=O)c21. The average molecular weight is 408 g/mol. The number of amides is 1. The lowest BCUT2D eigenvalue weighted by Crippen LogP contribution is -2.35. The Labute approximate surface area is 172 Å². The Morgan fingerprint density at radius 2 is 2.10 bits per heavy atom. The van der Waals surface area contributed by atoms with Gasteiger partial charge in [0.15, 0.2) is 5.82 Å². The van der Waals surface area contributed by atoms with Crippen LogP contribution in [0.3, 0.4) is 0 Å². The molecule has 1 unspecified atom stereocenters. The van der Waals surface area contributed by atoms with Gasteiger partial charge in [0.2, 0.25) is 11.8 Å². The minimum absolute atomic E-state index is 0.0357. The number of carbonyl (C=O) groups is 1. The van der Waals surface area contributed by atoms with E-state index in [4.69, 9.17) is 4.52 Å². The number of aryl methyl sites for hydroxylation is 2. The van der Waals surface area contributed by atoms with Crippen LogP contribution < -0.4 is 10.9 Å². The molecule has 9 heteroatoms. The monoisotopic (exact) mass is 408 g/mol. The van der Waals surface area contributed by atoms with Gasteiger partial charge >= 0.3 is 0 Å². The number of aromatic nitrogens is 5. The van der Waals surface area contributed by atoms with E-state index in [1.807, 2.05) is 39.0 Å². The van der Waals surface area contributed by atoms with Gasteiger partial charge in [0, 0.05) is 11.4 Å². The van der Waals surface area contributed by atoms with E-state index in [9.17, 15) is 9.59 Å². The maximum atomic E-state index is 13.4. The van der Waals surface area contributed by atoms with E-state index < -0.39 is 0 Å². The molecule has 0 aliphatic carbocycles. The van der Waals surface area contributed by atoms with Crippen molar-refractivity contribution in [1.29, 1.82) is 0 Å². The van der Waals surface area contributed by atoms with Crippen LogP contribution >= 0.6 is 0 Å². The third-order valence-corrected chi connectivity index (χ3v) is 5.18. The van der Waals surface area contributed by atoms with Crippen molar-refractivity contribution in [3.05, 3.63) is 52.2 Å². The zero-order valence-electron chi connectivity index (χ0n) is 17.5. The summed E-state index contributed by atoms with van der Waals surface area (Å²) in [5.41, 5.74) is 2.55. The molecule has 4 rings (SSSR count). The summed E-state index contributed by atoms with van der Waals surface area (Å²) in [6.07, 6.45) is 2.31. The second kappa shape index (κ2) is 7.74. The van der Waals surface area contributed by atoms with Gasteiger partial charge in [0.05, 0.1) is 11.8 Å². The number of benzene rings is 1. The van der Waals surface area contributed by atoms with Crippen molar-refractivity contribution in [3.8, 4) is 0 Å². The molecule has 4 aromatic rings. The summed E-state index contributed by atoms with van der Waals surface area (Å²) in [4.78, 5) is 34.7. The first-order chi connectivity index (χ1) is 14.4. The summed E-state index contributed by atoms with van der Waals surface area (Å²) in [5.74, 6) is 0.674. The van der Waals surface area contributed by atoms with Crippen LogP contribution in [0.2, 0.25) is 0 Å². The number of carbonyl (C=O) groups excluding carboxylic acids is 1. The highest BCUT2D eigenvalue weighted by Gasteiger charge is 2.19. The molecule has 0 radical (unpaired) electrons. The predicted octanol–water partition coefficient (Wildman–Crippen LogP) is 2.31. The Kier molecular flexibility index (Phi) is 5.11. The molecule has 1 amide bonds. The summed E-state index contributed by atoms with van der Waals surface area (Å²) in [6.45, 7) is 7.81. The maximum absolute atomic E-state index is 13.4. The van der Waals surface area contributed by atoms with E-state index in [-0.39, 0.29) is 30.6 Å². The van der Waals surface area contributed by atoms with Crippen LogP contribution in [0.25, 0.3) is 21.9 Å². The Hall–Kier alpha value is -3.49. The predicted molar refractivity (Wildman–Crippen MR) is 112 cm³/mol. The third kappa shape index (κ3) is 3.58. The second-order valence-electron chi connectivity index (χ2n) is 7.59. The summed E-state index contributed by atoms with van der Waals surface area (Å²) >= 11 is 0. The largest absolute Gasteiger partial charge is 0.352 e. The summed E-state index contributed by atoms with van der Waals surface area (Å²) in [5, 5.41) is 7.57. The van der Waals surface area contributed by atoms with Crippen molar-refractivity contribution < 1.29 is 9.32 Å². The molecular weight excluding hydrogens is 384 g/mol. The molecule has 0 fully saturated rings. The molecule has 1 N–H and O–H groups in total. The fourth-order valence-corrected chi connectivity index (χ4v) is 3.51. The van der Waals surface area contributed by atoms with Gasteiger partial charge in [-0.05, 0) is 39.3 Å². The molecule has 3 aromatic heterocycles. The van der Waals surface area contributed by atoms with Crippen LogP contribution in [0.1, 0.15) is 37.5 Å². The Morgan fingerprint density at radius 1 is 1.30 bits per heavy atom. The van der Waals surface area contributed by atoms with Gasteiger partial charge in [-0.25, -0.2) is 4.98 Å². The van der Waals surface area contributed by atoms with Gasteiger partial charge in [-0.15, -0.1) is 0 Å². The van der Waals surface area contributed by atoms with Gasteiger partial charge in [-0.2, -0.15) is 4.98 Å². The molecule has 0 aliphatic heterocycles. The number of hydrogen-bond donors (Lipinski definition) is 1. The van der Waals surface area contributed by atoms with Gasteiger partial charge in [-0.3, -0.25) is 14.2 Å². The number of fused-ring (bicyclic) bond motifs is 3. The topological polar surface area (TPSA) is 108 Å². The second-order valence-corrected chi connectivity index (χ2v) is 7.59. The zero-order chi connectivity index (χ0) is 21.4. The van der Waals surface area contributed by atoms with Crippen molar-refractivity contribution in [2.45, 2.75) is 53.2 Å². The first-order valence-corrected chi connectivity index (χ1v) is 9.94. The van der Waals surface area contributed by atoms with Crippen LogP contribution in [-0.4, -0.2) is 36.2 Å².